The Morgan fingerprint density at radius 1 is 1.25 bits per heavy atom. The Bertz CT molecular complexity index is 813. The van der Waals surface area contributed by atoms with Crippen molar-refractivity contribution < 1.29 is 9.59 Å². The zero-order valence-electron chi connectivity index (χ0n) is 16.0. The fourth-order valence-electron chi connectivity index (χ4n) is 4.35. The SMILES string of the molecule is CCC1C(=O)NCCN1CC(=O)N1C[C@@H](c2ccccc2)[C@H](c2csnn2)C1. The van der Waals surface area contributed by atoms with Gasteiger partial charge in [0, 0.05) is 43.4 Å². The summed E-state index contributed by atoms with van der Waals surface area (Å²) in [5.74, 6) is 0.466. The van der Waals surface area contributed by atoms with Gasteiger partial charge in [0.15, 0.2) is 0 Å². The number of amides is 2. The van der Waals surface area contributed by atoms with Crippen LogP contribution in [0.25, 0.3) is 0 Å². The number of piperazine rings is 1. The molecule has 2 saturated heterocycles. The standard InChI is InChI=1S/C20H25N5O2S/c1-2-18-20(27)21-8-9-24(18)12-19(26)25-10-15(14-6-4-3-5-7-14)16(11-25)17-13-28-23-22-17/h3-7,13,15-16,18H,2,8-12H2,1H3,(H,21,27)/t15-,16+,18?/m0/s1. The third-order valence-electron chi connectivity index (χ3n) is 5.82. The molecule has 2 aromatic rings. The van der Waals surface area contributed by atoms with Crippen LogP contribution in [0.1, 0.15) is 36.4 Å². The maximum Gasteiger partial charge on any atom is 0.237 e. The Kier molecular flexibility index (Phi) is 5.68. The minimum absolute atomic E-state index is 0.0246. The van der Waals surface area contributed by atoms with Crippen LogP contribution in [-0.2, 0) is 9.59 Å². The molecule has 2 aliphatic rings. The zero-order valence-corrected chi connectivity index (χ0v) is 16.8. The van der Waals surface area contributed by atoms with Crippen LogP contribution >= 0.6 is 11.5 Å². The summed E-state index contributed by atoms with van der Waals surface area (Å²) in [7, 11) is 0. The van der Waals surface area contributed by atoms with Crippen LogP contribution in [0.5, 0.6) is 0 Å². The van der Waals surface area contributed by atoms with E-state index >= 15 is 0 Å². The van der Waals surface area contributed by atoms with E-state index < -0.39 is 0 Å². The molecule has 2 aliphatic heterocycles. The van der Waals surface area contributed by atoms with Crippen molar-refractivity contribution in [2.45, 2.75) is 31.2 Å². The zero-order chi connectivity index (χ0) is 19.5. The molecule has 0 spiro atoms. The number of benzene rings is 1. The van der Waals surface area contributed by atoms with E-state index in [9.17, 15) is 9.59 Å². The van der Waals surface area contributed by atoms with Gasteiger partial charge in [-0.05, 0) is 23.5 Å². The Labute approximate surface area is 168 Å². The van der Waals surface area contributed by atoms with Crippen molar-refractivity contribution in [2.24, 2.45) is 0 Å². The lowest BCUT2D eigenvalue weighted by Gasteiger charge is -2.34. The predicted molar refractivity (Wildman–Crippen MR) is 107 cm³/mol. The summed E-state index contributed by atoms with van der Waals surface area (Å²) in [4.78, 5) is 29.1. The van der Waals surface area contributed by atoms with Gasteiger partial charge in [-0.2, -0.15) is 0 Å². The molecule has 1 aromatic carbocycles. The quantitative estimate of drug-likeness (QED) is 0.824. The van der Waals surface area contributed by atoms with Gasteiger partial charge >= 0.3 is 0 Å². The van der Waals surface area contributed by atoms with Crippen LogP contribution in [0.3, 0.4) is 0 Å². The highest BCUT2D eigenvalue weighted by atomic mass is 32.1. The van der Waals surface area contributed by atoms with Crippen LogP contribution in [-0.4, -0.2) is 70.0 Å². The smallest absolute Gasteiger partial charge is 0.237 e. The highest BCUT2D eigenvalue weighted by Crippen LogP contribution is 2.39. The number of carbonyl (C=O) groups excluding carboxylic acids is 2. The van der Waals surface area contributed by atoms with E-state index in [2.05, 4.69) is 27.0 Å². The van der Waals surface area contributed by atoms with Crippen LogP contribution in [0.2, 0.25) is 0 Å². The van der Waals surface area contributed by atoms with Gasteiger partial charge in [0.1, 0.15) is 0 Å². The van der Waals surface area contributed by atoms with Crippen molar-refractivity contribution in [3.8, 4) is 0 Å². The number of likely N-dealkylation sites (tertiary alicyclic amines) is 1. The van der Waals surface area contributed by atoms with Crippen molar-refractivity contribution >= 4 is 23.3 Å². The Hall–Kier alpha value is -2.32. The average molecular weight is 400 g/mol. The van der Waals surface area contributed by atoms with Gasteiger partial charge in [-0.25, -0.2) is 0 Å². The number of nitrogens with one attached hydrogen (secondary N) is 1. The summed E-state index contributed by atoms with van der Waals surface area (Å²) < 4.78 is 4.02. The molecular weight excluding hydrogens is 374 g/mol. The van der Waals surface area contributed by atoms with Crippen LogP contribution in [0, 0.1) is 0 Å². The van der Waals surface area contributed by atoms with Crippen molar-refractivity contribution in [1.29, 1.82) is 0 Å². The third-order valence-corrected chi connectivity index (χ3v) is 6.35. The predicted octanol–water partition coefficient (Wildman–Crippen LogP) is 1.46. The van der Waals surface area contributed by atoms with Crippen LogP contribution in [0.15, 0.2) is 35.7 Å². The second-order valence-electron chi connectivity index (χ2n) is 7.44. The van der Waals surface area contributed by atoms with Gasteiger partial charge in [-0.3, -0.25) is 14.5 Å². The molecule has 8 heteroatoms. The molecule has 2 fully saturated rings. The van der Waals surface area contributed by atoms with Crippen molar-refractivity contribution in [3.63, 3.8) is 0 Å². The molecule has 7 nitrogen and oxygen atoms in total. The number of hydrogen-bond acceptors (Lipinski definition) is 6. The number of carbonyl (C=O) groups is 2. The Morgan fingerprint density at radius 2 is 2.04 bits per heavy atom. The fourth-order valence-corrected chi connectivity index (χ4v) is 4.87. The van der Waals surface area contributed by atoms with Gasteiger partial charge < -0.3 is 10.2 Å². The first-order valence-electron chi connectivity index (χ1n) is 9.78. The number of rotatable bonds is 5. The monoisotopic (exact) mass is 399 g/mol. The van der Waals surface area contributed by atoms with Crippen molar-refractivity contribution in [2.75, 3.05) is 32.7 Å². The van der Waals surface area contributed by atoms with E-state index in [1.54, 1.807) is 0 Å². The summed E-state index contributed by atoms with van der Waals surface area (Å²) in [6.45, 7) is 4.89. The van der Waals surface area contributed by atoms with Gasteiger partial charge in [0.2, 0.25) is 11.8 Å². The highest BCUT2D eigenvalue weighted by Gasteiger charge is 2.39. The first kappa shape index (κ1) is 19.0. The molecule has 28 heavy (non-hydrogen) atoms. The maximum atomic E-state index is 13.1. The van der Waals surface area contributed by atoms with E-state index in [-0.39, 0.29) is 36.2 Å². The average Bonchev–Trinajstić information content (AvgIpc) is 3.38. The number of nitrogens with zero attached hydrogens (tertiary/aromatic N) is 4. The highest BCUT2D eigenvalue weighted by molar-refractivity contribution is 7.03. The van der Waals surface area contributed by atoms with E-state index in [0.29, 0.717) is 32.6 Å². The molecule has 2 amide bonds. The summed E-state index contributed by atoms with van der Waals surface area (Å²) in [5, 5.41) is 9.16. The number of hydrogen-bond donors (Lipinski definition) is 1. The normalized spacial score (nSPS) is 25.7. The minimum atomic E-state index is -0.219. The summed E-state index contributed by atoms with van der Waals surface area (Å²) in [6, 6.07) is 10.1. The minimum Gasteiger partial charge on any atom is -0.353 e. The second-order valence-corrected chi connectivity index (χ2v) is 8.05. The third kappa shape index (κ3) is 3.79. The summed E-state index contributed by atoms with van der Waals surface area (Å²) in [6.07, 6.45) is 0.707. The van der Waals surface area contributed by atoms with Crippen molar-refractivity contribution in [3.05, 3.63) is 47.0 Å². The molecule has 4 rings (SSSR count). The van der Waals surface area contributed by atoms with Crippen LogP contribution in [0.4, 0.5) is 0 Å². The lowest BCUT2D eigenvalue weighted by atomic mass is 9.87. The van der Waals surface area contributed by atoms with Gasteiger partial charge in [-0.15, -0.1) is 5.10 Å². The van der Waals surface area contributed by atoms with Crippen LogP contribution < -0.4 is 5.32 Å². The van der Waals surface area contributed by atoms with E-state index in [4.69, 9.17) is 0 Å². The molecule has 3 atom stereocenters. The lowest BCUT2D eigenvalue weighted by molar-refractivity contribution is -0.136. The largest absolute Gasteiger partial charge is 0.353 e. The van der Waals surface area contributed by atoms with E-state index in [1.807, 2.05) is 40.3 Å². The van der Waals surface area contributed by atoms with Gasteiger partial charge in [-0.1, -0.05) is 41.7 Å². The molecule has 0 aliphatic carbocycles. The molecule has 1 N–H and O–H groups in total. The summed E-state index contributed by atoms with van der Waals surface area (Å²) >= 11 is 1.35. The van der Waals surface area contributed by atoms with Gasteiger partial charge in [0.05, 0.1) is 18.3 Å². The summed E-state index contributed by atoms with van der Waals surface area (Å²) in [5.41, 5.74) is 2.18. The molecule has 3 heterocycles. The molecule has 1 unspecified atom stereocenters. The van der Waals surface area contributed by atoms with E-state index in [0.717, 1.165) is 5.69 Å². The molecule has 0 radical (unpaired) electrons. The molecule has 0 bridgehead atoms. The van der Waals surface area contributed by atoms with Gasteiger partial charge in [0.25, 0.3) is 0 Å². The first-order chi connectivity index (χ1) is 13.7. The molecule has 0 saturated carbocycles. The number of aromatic nitrogens is 2. The first-order valence-corrected chi connectivity index (χ1v) is 10.6. The molecule has 148 valence electrons. The molecular formula is C20H25N5O2S. The maximum absolute atomic E-state index is 13.1. The van der Waals surface area contributed by atoms with E-state index in [1.165, 1.54) is 17.1 Å². The van der Waals surface area contributed by atoms with Crippen molar-refractivity contribution in [1.82, 2.24) is 24.7 Å². The molecule has 1 aromatic heterocycles. The lowest BCUT2D eigenvalue weighted by Crippen LogP contribution is -2.57. The Morgan fingerprint density at radius 3 is 2.75 bits per heavy atom. The second kappa shape index (κ2) is 8.36. The Balaban J connectivity index is 1.50. The fraction of sp³-hybridized carbons (Fsp3) is 0.500. The topological polar surface area (TPSA) is 78.4 Å².